The van der Waals surface area contributed by atoms with E-state index in [4.69, 9.17) is 0 Å². The first kappa shape index (κ1) is 15.3. The average molecular weight is 281 g/mol. The van der Waals surface area contributed by atoms with Crippen molar-refractivity contribution in [3.05, 3.63) is 0 Å². The van der Waals surface area contributed by atoms with E-state index in [-0.39, 0.29) is 18.0 Å². The Morgan fingerprint density at radius 2 is 1.70 bits per heavy atom. The molecule has 2 aliphatic rings. The van der Waals surface area contributed by atoms with Gasteiger partial charge in [0.15, 0.2) is 0 Å². The number of hydrogen-bond acceptors (Lipinski definition) is 3. The molecule has 1 saturated heterocycles. The van der Waals surface area contributed by atoms with Crippen LogP contribution in [0.2, 0.25) is 0 Å². The molecule has 1 aliphatic carbocycles. The quantitative estimate of drug-likeness (QED) is 0.828. The predicted octanol–water partition coefficient (Wildman–Crippen LogP) is 1.73. The van der Waals surface area contributed by atoms with E-state index in [1.165, 1.54) is 19.3 Å². The molecule has 2 fully saturated rings. The van der Waals surface area contributed by atoms with Crippen molar-refractivity contribution in [2.75, 3.05) is 19.6 Å². The summed E-state index contributed by atoms with van der Waals surface area (Å²) < 4.78 is 0. The van der Waals surface area contributed by atoms with Crippen molar-refractivity contribution in [1.29, 1.82) is 0 Å². The molecule has 0 unspecified atom stereocenters. The molecule has 1 heterocycles. The second-order valence-corrected chi connectivity index (χ2v) is 6.64. The molecule has 3 amide bonds. The van der Waals surface area contributed by atoms with Crippen molar-refractivity contribution in [1.82, 2.24) is 15.5 Å². The zero-order valence-electron chi connectivity index (χ0n) is 12.7. The lowest BCUT2D eigenvalue weighted by Crippen LogP contribution is -2.49. The number of likely N-dealkylation sites (tertiary alicyclic amines) is 1. The number of carbonyl (C=O) groups excluding carboxylic acids is 2. The maximum absolute atomic E-state index is 11.9. The lowest BCUT2D eigenvalue weighted by molar-refractivity contribution is -0.121. The third kappa shape index (κ3) is 4.78. The summed E-state index contributed by atoms with van der Waals surface area (Å²) in [6, 6.07) is -0.0853. The topological polar surface area (TPSA) is 61.4 Å². The highest BCUT2D eigenvalue weighted by Crippen LogP contribution is 2.20. The largest absolute Gasteiger partial charge is 0.335 e. The van der Waals surface area contributed by atoms with Crippen LogP contribution in [-0.2, 0) is 4.79 Å². The van der Waals surface area contributed by atoms with Gasteiger partial charge in [0.25, 0.3) is 0 Å². The van der Waals surface area contributed by atoms with Crippen molar-refractivity contribution in [3.63, 3.8) is 0 Å². The Hall–Kier alpha value is -1.10. The van der Waals surface area contributed by atoms with E-state index in [2.05, 4.69) is 29.4 Å². The Morgan fingerprint density at radius 1 is 1.10 bits per heavy atom. The van der Waals surface area contributed by atoms with Crippen LogP contribution in [0.4, 0.5) is 4.79 Å². The van der Waals surface area contributed by atoms with Crippen LogP contribution in [0, 0.1) is 11.8 Å². The van der Waals surface area contributed by atoms with Gasteiger partial charge in [0.1, 0.15) is 0 Å². The molecule has 2 rings (SSSR count). The van der Waals surface area contributed by atoms with Crippen LogP contribution in [0.15, 0.2) is 0 Å². The second kappa shape index (κ2) is 7.07. The highest BCUT2D eigenvalue weighted by molar-refractivity contribution is 5.95. The standard InChI is InChI=1S/C15H27N3O2/c1-11-7-12(2)9-18(8-11)10-14(19)17-15(20)16-13-5-3-4-6-13/h11-13H,3-10H2,1-2H3,(H2,16,17,19,20)/t11-,12+. The van der Waals surface area contributed by atoms with Crippen LogP contribution in [0.3, 0.4) is 0 Å². The van der Waals surface area contributed by atoms with Crippen LogP contribution >= 0.6 is 0 Å². The minimum absolute atomic E-state index is 0.193. The summed E-state index contributed by atoms with van der Waals surface area (Å²) in [5.74, 6) is 1.06. The van der Waals surface area contributed by atoms with Gasteiger partial charge >= 0.3 is 6.03 Å². The minimum atomic E-state index is -0.333. The lowest BCUT2D eigenvalue weighted by atomic mass is 9.92. The molecule has 0 aromatic heterocycles. The highest BCUT2D eigenvalue weighted by Gasteiger charge is 2.24. The molecule has 5 nitrogen and oxygen atoms in total. The number of hydrogen-bond donors (Lipinski definition) is 2. The van der Waals surface area contributed by atoms with Gasteiger partial charge in [-0.05, 0) is 31.1 Å². The Labute approximate surface area is 121 Å². The Bertz CT molecular complexity index is 343. The SMILES string of the molecule is C[C@@H]1C[C@H](C)CN(CC(=O)NC(=O)NC2CCCC2)C1. The van der Waals surface area contributed by atoms with Crippen LogP contribution in [0.1, 0.15) is 46.0 Å². The number of imide groups is 1. The van der Waals surface area contributed by atoms with Crippen LogP contribution < -0.4 is 10.6 Å². The zero-order valence-corrected chi connectivity index (χ0v) is 12.7. The van der Waals surface area contributed by atoms with Gasteiger partial charge in [-0.1, -0.05) is 26.7 Å². The third-order valence-corrected chi connectivity index (χ3v) is 4.26. The molecule has 20 heavy (non-hydrogen) atoms. The smallest absolute Gasteiger partial charge is 0.321 e. The monoisotopic (exact) mass is 281 g/mol. The number of nitrogens with one attached hydrogen (secondary N) is 2. The normalized spacial score (nSPS) is 28.3. The van der Waals surface area contributed by atoms with Gasteiger partial charge in [-0.3, -0.25) is 15.0 Å². The molecule has 1 aliphatic heterocycles. The molecule has 0 aromatic rings. The fourth-order valence-corrected chi connectivity index (χ4v) is 3.58. The molecular weight excluding hydrogens is 254 g/mol. The van der Waals surface area contributed by atoms with Gasteiger partial charge in [-0.2, -0.15) is 0 Å². The number of carbonyl (C=O) groups is 2. The summed E-state index contributed by atoms with van der Waals surface area (Å²) in [6.45, 7) is 6.65. The number of urea groups is 1. The molecule has 2 N–H and O–H groups in total. The minimum Gasteiger partial charge on any atom is -0.335 e. The number of amides is 3. The van der Waals surface area contributed by atoms with E-state index in [9.17, 15) is 9.59 Å². The van der Waals surface area contributed by atoms with E-state index >= 15 is 0 Å². The predicted molar refractivity (Wildman–Crippen MR) is 78.3 cm³/mol. The molecule has 0 radical (unpaired) electrons. The molecule has 0 bridgehead atoms. The molecule has 1 saturated carbocycles. The Morgan fingerprint density at radius 3 is 2.30 bits per heavy atom. The first-order valence-corrected chi connectivity index (χ1v) is 7.85. The number of nitrogens with zero attached hydrogens (tertiary/aromatic N) is 1. The maximum atomic E-state index is 11.9. The van der Waals surface area contributed by atoms with Gasteiger partial charge in [0.05, 0.1) is 6.54 Å². The van der Waals surface area contributed by atoms with Crippen LogP contribution in [-0.4, -0.2) is 42.5 Å². The molecular formula is C15H27N3O2. The summed E-state index contributed by atoms with van der Waals surface area (Å²) in [7, 11) is 0. The van der Waals surface area contributed by atoms with E-state index in [1.54, 1.807) is 0 Å². The average Bonchev–Trinajstić information content (AvgIpc) is 2.79. The van der Waals surface area contributed by atoms with E-state index in [0.717, 1.165) is 25.9 Å². The molecule has 0 aromatic carbocycles. The first-order valence-electron chi connectivity index (χ1n) is 7.85. The summed E-state index contributed by atoms with van der Waals surface area (Å²) >= 11 is 0. The number of piperidine rings is 1. The van der Waals surface area contributed by atoms with Crippen molar-refractivity contribution < 1.29 is 9.59 Å². The summed E-state index contributed by atoms with van der Waals surface area (Å²) in [5, 5.41) is 5.33. The van der Waals surface area contributed by atoms with Crippen LogP contribution in [0.25, 0.3) is 0 Å². The second-order valence-electron chi connectivity index (χ2n) is 6.64. The summed E-state index contributed by atoms with van der Waals surface area (Å²) in [5.41, 5.74) is 0. The summed E-state index contributed by atoms with van der Waals surface area (Å²) in [6.07, 6.45) is 5.62. The Kier molecular flexibility index (Phi) is 5.40. The van der Waals surface area contributed by atoms with Crippen molar-refractivity contribution in [3.8, 4) is 0 Å². The summed E-state index contributed by atoms with van der Waals surface area (Å²) in [4.78, 5) is 25.8. The van der Waals surface area contributed by atoms with E-state index in [1.807, 2.05) is 0 Å². The highest BCUT2D eigenvalue weighted by atomic mass is 16.2. The van der Waals surface area contributed by atoms with Crippen molar-refractivity contribution in [2.45, 2.75) is 52.0 Å². The zero-order chi connectivity index (χ0) is 14.5. The van der Waals surface area contributed by atoms with E-state index in [0.29, 0.717) is 18.4 Å². The van der Waals surface area contributed by atoms with E-state index < -0.39 is 0 Å². The van der Waals surface area contributed by atoms with Gasteiger partial charge in [0, 0.05) is 19.1 Å². The molecule has 114 valence electrons. The van der Waals surface area contributed by atoms with Gasteiger partial charge < -0.3 is 5.32 Å². The maximum Gasteiger partial charge on any atom is 0.321 e. The van der Waals surface area contributed by atoms with Gasteiger partial charge in [-0.15, -0.1) is 0 Å². The lowest BCUT2D eigenvalue weighted by Gasteiger charge is -2.34. The Balaban J connectivity index is 1.70. The molecule has 5 heteroatoms. The van der Waals surface area contributed by atoms with Crippen molar-refractivity contribution in [2.24, 2.45) is 11.8 Å². The number of rotatable bonds is 3. The molecule has 2 atom stereocenters. The first-order chi connectivity index (χ1) is 9.52. The fourth-order valence-electron chi connectivity index (χ4n) is 3.58. The van der Waals surface area contributed by atoms with Gasteiger partial charge in [0.2, 0.25) is 5.91 Å². The van der Waals surface area contributed by atoms with Crippen LogP contribution in [0.5, 0.6) is 0 Å². The fraction of sp³-hybridized carbons (Fsp3) is 0.867. The molecule has 0 spiro atoms. The van der Waals surface area contributed by atoms with Crippen molar-refractivity contribution >= 4 is 11.9 Å². The van der Waals surface area contributed by atoms with Gasteiger partial charge in [-0.25, -0.2) is 4.79 Å². The third-order valence-electron chi connectivity index (χ3n) is 4.26.